The van der Waals surface area contributed by atoms with Crippen LogP contribution in [-0.2, 0) is 16.6 Å². The molecule has 0 aliphatic rings. The summed E-state index contributed by atoms with van der Waals surface area (Å²) in [4.78, 5) is -0.389. The molecule has 0 bridgehead atoms. The van der Waals surface area contributed by atoms with Crippen LogP contribution in [-0.4, -0.2) is 8.42 Å². The molecule has 108 valence electrons. The summed E-state index contributed by atoms with van der Waals surface area (Å²) < 4.78 is 40.1. The molecule has 21 heavy (non-hydrogen) atoms. The van der Waals surface area contributed by atoms with Gasteiger partial charge in [0.05, 0.1) is 0 Å². The number of para-hydroxylation sites is 1. The summed E-state index contributed by atoms with van der Waals surface area (Å²) >= 11 is 0. The van der Waals surface area contributed by atoms with E-state index < -0.39 is 21.4 Å². The van der Waals surface area contributed by atoms with Crippen LogP contribution in [0.3, 0.4) is 0 Å². The van der Waals surface area contributed by atoms with Crippen molar-refractivity contribution in [1.82, 2.24) is 4.72 Å². The number of benzene rings is 2. The second kappa shape index (κ2) is 5.91. The Morgan fingerprint density at radius 1 is 1.19 bits per heavy atom. The van der Waals surface area contributed by atoms with Crippen molar-refractivity contribution >= 4 is 15.7 Å². The molecular weight excluding hydrogens is 293 g/mol. The maximum absolute atomic E-state index is 13.5. The molecule has 0 fully saturated rings. The van der Waals surface area contributed by atoms with Crippen molar-refractivity contribution < 1.29 is 12.8 Å². The molecular formula is C14H12FN3O2S. The molecule has 7 heteroatoms. The zero-order chi connectivity index (χ0) is 15.5. The van der Waals surface area contributed by atoms with Gasteiger partial charge < -0.3 is 5.73 Å². The SMILES string of the molecule is N#Cc1c(F)cccc1S(=O)(=O)NCc1ccccc1N. The normalized spacial score (nSPS) is 11.0. The zero-order valence-electron chi connectivity index (χ0n) is 10.9. The fraction of sp³-hybridized carbons (Fsp3) is 0.0714. The van der Waals surface area contributed by atoms with Gasteiger partial charge in [0.2, 0.25) is 10.0 Å². The fourth-order valence-electron chi connectivity index (χ4n) is 1.78. The Morgan fingerprint density at radius 2 is 1.90 bits per heavy atom. The standard InChI is InChI=1S/C14H12FN3O2S/c15-12-5-3-7-14(11(12)8-16)21(19,20)18-9-10-4-1-2-6-13(10)17/h1-7,18H,9,17H2. The van der Waals surface area contributed by atoms with Crippen molar-refractivity contribution in [3.8, 4) is 6.07 Å². The molecule has 0 aliphatic carbocycles. The average molecular weight is 305 g/mol. The van der Waals surface area contributed by atoms with Gasteiger partial charge in [-0.25, -0.2) is 17.5 Å². The third-order valence-corrected chi connectivity index (χ3v) is 4.33. The third kappa shape index (κ3) is 3.18. The van der Waals surface area contributed by atoms with Crippen LogP contribution in [0.1, 0.15) is 11.1 Å². The first kappa shape index (κ1) is 15.0. The Kier molecular flexibility index (Phi) is 4.21. The lowest BCUT2D eigenvalue weighted by molar-refractivity contribution is 0.576. The van der Waals surface area contributed by atoms with Crippen molar-refractivity contribution in [2.24, 2.45) is 0 Å². The van der Waals surface area contributed by atoms with E-state index in [0.29, 0.717) is 11.3 Å². The molecule has 2 aromatic carbocycles. The first-order chi connectivity index (χ1) is 9.95. The van der Waals surface area contributed by atoms with Gasteiger partial charge in [-0.1, -0.05) is 24.3 Å². The topological polar surface area (TPSA) is 96.0 Å². The monoisotopic (exact) mass is 305 g/mol. The average Bonchev–Trinajstić information content (AvgIpc) is 2.46. The largest absolute Gasteiger partial charge is 0.398 e. The number of anilines is 1. The Balaban J connectivity index is 2.30. The molecule has 0 amide bonds. The highest BCUT2D eigenvalue weighted by atomic mass is 32.2. The van der Waals surface area contributed by atoms with Gasteiger partial charge in [0.15, 0.2) is 0 Å². The van der Waals surface area contributed by atoms with E-state index in [2.05, 4.69) is 4.72 Å². The van der Waals surface area contributed by atoms with Crippen LogP contribution in [0.25, 0.3) is 0 Å². The number of nitriles is 1. The van der Waals surface area contributed by atoms with Gasteiger partial charge in [0.1, 0.15) is 22.3 Å². The molecule has 0 atom stereocenters. The summed E-state index contributed by atoms with van der Waals surface area (Å²) in [6.07, 6.45) is 0. The summed E-state index contributed by atoms with van der Waals surface area (Å²) in [7, 11) is -4.01. The van der Waals surface area contributed by atoms with E-state index in [1.165, 1.54) is 12.1 Å². The van der Waals surface area contributed by atoms with Crippen LogP contribution in [0.2, 0.25) is 0 Å². The number of sulfonamides is 1. The summed E-state index contributed by atoms with van der Waals surface area (Å²) in [6.45, 7) is -0.0452. The van der Waals surface area contributed by atoms with Gasteiger partial charge >= 0.3 is 0 Å². The van der Waals surface area contributed by atoms with Gasteiger partial charge in [-0.3, -0.25) is 0 Å². The Hall–Kier alpha value is -2.43. The number of hydrogen-bond acceptors (Lipinski definition) is 4. The van der Waals surface area contributed by atoms with Gasteiger partial charge in [-0.05, 0) is 23.8 Å². The van der Waals surface area contributed by atoms with Crippen LogP contribution in [0, 0.1) is 17.1 Å². The van der Waals surface area contributed by atoms with Gasteiger partial charge in [0, 0.05) is 12.2 Å². The molecule has 3 N–H and O–H groups in total. The van der Waals surface area contributed by atoms with E-state index in [-0.39, 0.29) is 11.4 Å². The van der Waals surface area contributed by atoms with Crippen molar-refractivity contribution in [2.45, 2.75) is 11.4 Å². The summed E-state index contributed by atoms with van der Waals surface area (Å²) in [5.41, 5.74) is 6.25. The third-order valence-electron chi connectivity index (χ3n) is 2.88. The maximum atomic E-state index is 13.5. The number of rotatable bonds is 4. The maximum Gasteiger partial charge on any atom is 0.242 e. The minimum Gasteiger partial charge on any atom is -0.398 e. The van der Waals surface area contributed by atoms with E-state index in [4.69, 9.17) is 11.0 Å². The lowest BCUT2D eigenvalue weighted by atomic mass is 10.2. The molecule has 0 saturated heterocycles. The predicted octanol–water partition coefficient (Wildman–Crippen LogP) is 1.76. The second-order valence-electron chi connectivity index (χ2n) is 4.25. The number of nitrogen functional groups attached to an aromatic ring is 1. The quantitative estimate of drug-likeness (QED) is 0.841. The first-order valence-electron chi connectivity index (χ1n) is 5.97. The lowest BCUT2D eigenvalue weighted by Gasteiger charge is -2.10. The Bertz CT molecular complexity index is 813. The van der Waals surface area contributed by atoms with Crippen LogP contribution < -0.4 is 10.5 Å². The van der Waals surface area contributed by atoms with Crippen molar-refractivity contribution in [3.63, 3.8) is 0 Å². The van der Waals surface area contributed by atoms with Crippen molar-refractivity contribution in [3.05, 3.63) is 59.4 Å². The van der Waals surface area contributed by atoms with E-state index in [0.717, 1.165) is 6.07 Å². The minimum absolute atomic E-state index is 0.0452. The predicted molar refractivity (Wildman–Crippen MR) is 76.0 cm³/mol. The van der Waals surface area contributed by atoms with E-state index in [1.54, 1.807) is 30.3 Å². The van der Waals surface area contributed by atoms with E-state index in [9.17, 15) is 12.8 Å². The smallest absolute Gasteiger partial charge is 0.242 e. The molecule has 0 unspecified atom stereocenters. The van der Waals surface area contributed by atoms with Crippen LogP contribution in [0.4, 0.5) is 10.1 Å². The highest BCUT2D eigenvalue weighted by Crippen LogP contribution is 2.19. The molecule has 0 aliphatic heterocycles. The number of halogens is 1. The van der Waals surface area contributed by atoms with Gasteiger partial charge in [0.25, 0.3) is 0 Å². The van der Waals surface area contributed by atoms with Crippen molar-refractivity contribution in [2.75, 3.05) is 5.73 Å². The van der Waals surface area contributed by atoms with E-state index >= 15 is 0 Å². The first-order valence-corrected chi connectivity index (χ1v) is 7.45. The second-order valence-corrected chi connectivity index (χ2v) is 5.98. The highest BCUT2D eigenvalue weighted by molar-refractivity contribution is 7.89. The Morgan fingerprint density at radius 3 is 2.57 bits per heavy atom. The number of nitrogens with one attached hydrogen (secondary N) is 1. The number of nitrogens with zero attached hydrogens (tertiary/aromatic N) is 1. The van der Waals surface area contributed by atoms with Gasteiger partial charge in [-0.15, -0.1) is 0 Å². The molecule has 0 aromatic heterocycles. The molecule has 2 rings (SSSR count). The summed E-state index contributed by atoms with van der Waals surface area (Å²) in [5, 5.41) is 8.89. The number of hydrogen-bond donors (Lipinski definition) is 2. The molecule has 0 heterocycles. The highest BCUT2D eigenvalue weighted by Gasteiger charge is 2.21. The molecule has 2 aromatic rings. The zero-order valence-corrected chi connectivity index (χ0v) is 11.7. The van der Waals surface area contributed by atoms with Crippen LogP contribution in [0.5, 0.6) is 0 Å². The number of nitrogens with two attached hydrogens (primary N) is 1. The molecule has 0 radical (unpaired) electrons. The van der Waals surface area contributed by atoms with Gasteiger partial charge in [-0.2, -0.15) is 5.26 Å². The van der Waals surface area contributed by atoms with Crippen molar-refractivity contribution in [1.29, 1.82) is 5.26 Å². The molecule has 0 spiro atoms. The van der Waals surface area contributed by atoms with Crippen LogP contribution >= 0.6 is 0 Å². The summed E-state index contributed by atoms with van der Waals surface area (Å²) in [6, 6.07) is 11.8. The molecule has 5 nitrogen and oxygen atoms in total. The summed E-state index contributed by atoms with van der Waals surface area (Å²) in [5.74, 6) is -0.875. The fourth-order valence-corrected chi connectivity index (χ4v) is 2.95. The Labute approximate surface area is 121 Å². The van der Waals surface area contributed by atoms with Crippen LogP contribution in [0.15, 0.2) is 47.4 Å². The minimum atomic E-state index is -4.01. The molecule has 0 saturated carbocycles. The van der Waals surface area contributed by atoms with E-state index in [1.807, 2.05) is 0 Å². The lowest BCUT2D eigenvalue weighted by Crippen LogP contribution is -2.24.